The van der Waals surface area contributed by atoms with Crippen LogP contribution in [0.5, 0.6) is 5.88 Å². The normalized spacial score (nSPS) is 10.2. The summed E-state index contributed by atoms with van der Waals surface area (Å²) in [7, 11) is 2.94. The van der Waals surface area contributed by atoms with E-state index in [2.05, 4.69) is 14.7 Å². The summed E-state index contributed by atoms with van der Waals surface area (Å²) in [5.41, 5.74) is 0.199. The van der Waals surface area contributed by atoms with Crippen molar-refractivity contribution in [2.45, 2.75) is 6.42 Å². The molecule has 0 aliphatic carbocycles. The molecule has 0 saturated heterocycles. The van der Waals surface area contributed by atoms with Crippen LogP contribution >= 0.6 is 0 Å². The molecule has 0 radical (unpaired) electrons. The Bertz CT molecular complexity index is 386. The zero-order chi connectivity index (χ0) is 13.9. The zero-order valence-corrected chi connectivity index (χ0v) is 11.1. The predicted molar refractivity (Wildman–Crippen MR) is 66.2 cm³/mol. The van der Waals surface area contributed by atoms with Crippen LogP contribution in [0, 0.1) is 0 Å². The summed E-state index contributed by atoms with van der Waals surface area (Å²) in [5, 5.41) is 0. The molecular weight excluding hydrogens is 252 g/mol. The third kappa shape index (κ3) is 5.62. The molecule has 7 nitrogen and oxygen atoms in total. The van der Waals surface area contributed by atoms with Gasteiger partial charge in [0.15, 0.2) is 0 Å². The van der Waals surface area contributed by atoms with Crippen molar-refractivity contribution in [3.8, 4) is 5.88 Å². The molecule has 1 aromatic rings. The first-order chi connectivity index (χ1) is 9.29. The van der Waals surface area contributed by atoms with Crippen LogP contribution in [0.25, 0.3) is 0 Å². The number of carbonyl (C=O) groups is 1. The van der Waals surface area contributed by atoms with Gasteiger partial charge in [0.2, 0.25) is 5.88 Å². The molecule has 0 atom stereocenters. The van der Waals surface area contributed by atoms with Gasteiger partial charge in [0.05, 0.1) is 13.7 Å². The molecule has 19 heavy (non-hydrogen) atoms. The second kappa shape index (κ2) is 9.23. The van der Waals surface area contributed by atoms with Crippen molar-refractivity contribution >= 4 is 5.97 Å². The smallest absolute Gasteiger partial charge is 0.344 e. The molecule has 0 aliphatic heterocycles. The van der Waals surface area contributed by atoms with E-state index in [1.165, 1.54) is 19.6 Å². The molecule has 1 rings (SSSR count). The van der Waals surface area contributed by atoms with Gasteiger partial charge in [-0.2, -0.15) is 0 Å². The van der Waals surface area contributed by atoms with Crippen LogP contribution in [0.4, 0.5) is 0 Å². The van der Waals surface area contributed by atoms with Gasteiger partial charge in [-0.3, -0.25) is 0 Å². The maximum atomic E-state index is 11.4. The van der Waals surface area contributed by atoms with E-state index < -0.39 is 5.97 Å². The van der Waals surface area contributed by atoms with E-state index in [0.717, 1.165) is 6.42 Å². The van der Waals surface area contributed by atoms with Crippen molar-refractivity contribution in [3.63, 3.8) is 0 Å². The van der Waals surface area contributed by atoms with Crippen molar-refractivity contribution in [1.29, 1.82) is 0 Å². The third-order valence-electron chi connectivity index (χ3n) is 2.18. The molecule has 0 aliphatic rings. The Labute approximate surface area is 111 Å². The summed E-state index contributed by atoms with van der Waals surface area (Å²) in [6.45, 7) is 1.98. The molecule has 0 N–H and O–H groups in total. The van der Waals surface area contributed by atoms with E-state index in [1.807, 2.05) is 0 Å². The summed E-state index contributed by atoms with van der Waals surface area (Å²) < 4.78 is 20.2. The van der Waals surface area contributed by atoms with Gasteiger partial charge in [-0.25, -0.2) is 14.8 Å². The Morgan fingerprint density at radius 1 is 1.21 bits per heavy atom. The van der Waals surface area contributed by atoms with Crippen LogP contribution in [0.15, 0.2) is 12.5 Å². The van der Waals surface area contributed by atoms with Crippen molar-refractivity contribution in [2.75, 3.05) is 40.6 Å². The van der Waals surface area contributed by atoms with E-state index in [9.17, 15) is 4.79 Å². The molecular formula is C12H18N2O5. The number of esters is 1. The highest BCUT2D eigenvalue weighted by atomic mass is 16.5. The number of rotatable bonds is 9. The van der Waals surface area contributed by atoms with Gasteiger partial charge in [0.1, 0.15) is 18.5 Å². The maximum Gasteiger partial charge on any atom is 0.344 e. The van der Waals surface area contributed by atoms with Gasteiger partial charge in [-0.15, -0.1) is 0 Å². The van der Waals surface area contributed by atoms with Crippen LogP contribution in [0.1, 0.15) is 16.8 Å². The van der Waals surface area contributed by atoms with Crippen LogP contribution in [-0.4, -0.2) is 56.6 Å². The highest BCUT2D eigenvalue weighted by molar-refractivity contribution is 5.91. The standard InChI is InChI=1S/C12H18N2O5/c1-16-4-3-5-18-6-7-19-11-10(12(15)17-2)8-13-9-14-11/h8-9H,3-7H2,1-2H3. The second-order valence-electron chi connectivity index (χ2n) is 3.54. The molecule has 0 amide bonds. The summed E-state index contributed by atoms with van der Waals surface area (Å²) in [6, 6.07) is 0. The first-order valence-corrected chi connectivity index (χ1v) is 5.87. The van der Waals surface area contributed by atoms with Crippen molar-refractivity contribution in [3.05, 3.63) is 18.1 Å². The molecule has 7 heteroatoms. The Balaban J connectivity index is 2.31. The highest BCUT2D eigenvalue weighted by Crippen LogP contribution is 2.13. The predicted octanol–water partition coefficient (Wildman–Crippen LogP) is 0.695. The second-order valence-corrected chi connectivity index (χ2v) is 3.54. The Morgan fingerprint density at radius 2 is 2.05 bits per heavy atom. The number of aromatic nitrogens is 2. The minimum Gasteiger partial charge on any atom is -0.475 e. The van der Waals surface area contributed by atoms with Gasteiger partial charge < -0.3 is 18.9 Å². The molecule has 0 spiro atoms. The lowest BCUT2D eigenvalue weighted by Gasteiger charge is -2.08. The lowest BCUT2D eigenvalue weighted by molar-refractivity contribution is 0.0584. The number of carbonyl (C=O) groups excluding carboxylic acids is 1. The number of ether oxygens (including phenoxy) is 4. The average molecular weight is 270 g/mol. The molecule has 0 bridgehead atoms. The number of hydrogen-bond acceptors (Lipinski definition) is 7. The van der Waals surface area contributed by atoms with E-state index in [0.29, 0.717) is 26.4 Å². The molecule has 106 valence electrons. The van der Waals surface area contributed by atoms with Gasteiger partial charge in [0, 0.05) is 26.5 Å². The van der Waals surface area contributed by atoms with Gasteiger partial charge in [0.25, 0.3) is 0 Å². The van der Waals surface area contributed by atoms with E-state index >= 15 is 0 Å². The number of nitrogens with zero attached hydrogens (tertiary/aromatic N) is 2. The zero-order valence-electron chi connectivity index (χ0n) is 11.1. The fourth-order valence-corrected chi connectivity index (χ4v) is 1.29. The number of hydrogen-bond donors (Lipinski definition) is 0. The SMILES string of the molecule is COCCCOCCOc1ncncc1C(=O)OC. The summed E-state index contributed by atoms with van der Waals surface area (Å²) in [4.78, 5) is 19.1. The molecule has 0 saturated carbocycles. The Kier molecular flexibility index (Phi) is 7.45. The van der Waals surface area contributed by atoms with E-state index in [1.54, 1.807) is 7.11 Å². The topological polar surface area (TPSA) is 79.8 Å². The van der Waals surface area contributed by atoms with Crippen molar-refractivity contribution < 1.29 is 23.7 Å². The molecule has 0 fully saturated rings. The summed E-state index contributed by atoms with van der Waals surface area (Å²) in [5.74, 6) is -0.334. The Hall–Kier alpha value is -1.73. The number of methoxy groups -OCH3 is 2. The van der Waals surface area contributed by atoms with Gasteiger partial charge >= 0.3 is 5.97 Å². The summed E-state index contributed by atoms with van der Waals surface area (Å²) in [6.07, 6.45) is 3.49. The fourth-order valence-electron chi connectivity index (χ4n) is 1.29. The Morgan fingerprint density at radius 3 is 2.79 bits per heavy atom. The lowest BCUT2D eigenvalue weighted by Crippen LogP contribution is -2.12. The third-order valence-corrected chi connectivity index (χ3v) is 2.18. The van der Waals surface area contributed by atoms with Crippen LogP contribution in [-0.2, 0) is 14.2 Å². The minimum atomic E-state index is -0.531. The van der Waals surface area contributed by atoms with E-state index in [4.69, 9.17) is 14.2 Å². The monoisotopic (exact) mass is 270 g/mol. The average Bonchev–Trinajstić information content (AvgIpc) is 2.46. The van der Waals surface area contributed by atoms with Crippen molar-refractivity contribution in [2.24, 2.45) is 0 Å². The van der Waals surface area contributed by atoms with E-state index in [-0.39, 0.29) is 11.4 Å². The van der Waals surface area contributed by atoms with Crippen molar-refractivity contribution in [1.82, 2.24) is 9.97 Å². The molecule has 0 unspecified atom stereocenters. The molecule has 1 aromatic heterocycles. The van der Waals surface area contributed by atoms with Crippen LogP contribution < -0.4 is 4.74 Å². The van der Waals surface area contributed by atoms with Gasteiger partial charge in [-0.1, -0.05) is 0 Å². The molecule has 0 aromatic carbocycles. The maximum absolute atomic E-state index is 11.4. The first-order valence-electron chi connectivity index (χ1n) is 5.87. The van der Waals surface area contributed by atoms with Gasteiger partial charge in [-0.05, 0) is 6.42 Å². The first kappa shape index (κ1) is 15.3. The molecule has 1 heterocycles. The largest absolute Gasteiger partial charge is 0.475 e. The fraction of sp³-hybridized carbons (Fsp3) is 0.583. The quantitative estimate of drug-likeness (QED) is 0.482. The summed E-state index contributed by atoms with van der Waals surface area (Å²) >= 11 is 0. The van der Waals surface area contributed by atoms with Crippen LogP contribution in [0.3, 0.4) is 0 Å². The highest BCUT2D eigenvalue weighted by Gasteiger charge is 2.14. The van der Waals surface area contributed by atoms with Crippen LogP contribution in [0.2, 0.25) is 0 Å². The lowest BCUT2D eigenvalue weighted by atomic mass is 10.3. The minimum absolute atomic E-state index is 0.197.